The van der Waals surface area contributed by atoms with Gasteiger partial charge in [0.1, 0.15) is 0 Å². The first-order chi connectivity index (χ1) is 8.24. The Kier molecular flexibility index (Phi) is 6.78. The molecule has 0 heterocycles. The zero-order valence-electron chi connectivity index (χ0n) is 10.3. The second kappa shape index (κ2) is 8.18. The number of carbonyl (C=O) groups is 1. The van der Waals surface area contributed by atoms with Gasteiger partial charge in [0, 0.05) is 11.3 Å². The second-order valence-corrected chi connectivity index (χ2v) is 5.15. The lowest BCUT2D eigenvalue weighted by Gasteiger charge is -2.06. The van der Waals surface area contributed by atoms with Crippen molar-refractivity contribution in [3.05, 3.63) is 29.8 Å². The third-order valence-electron chi connectivity index (χ3n) is 2.65. The summed E-state index contributed by atoms with van der Waals surface area (Å²) in [7, 11) is 0. The molecule has 1 N–H and O–H groups in total. The van der Waals surface area contributed by atoms with Crippen molar-refractivity contribution in [3.63, 3.8) is 0 Å². The molecule has 0 radical (unpaired) electrons. The number of hydrogen-bond acceptors (Lipinski definition) is 2. The molecule has 1 aromatic rings. The first kappa shape index (κ1) is 14.1. The van der Waals surface area contributed by atoms with Crippen molar-refractivity contribution >= 4 is 17.7 Å². The topological polar surface area (TPSA) is 37.3 Å². The maximum Gasteiger partial charge on any atom is 0.303 e. The fourth-order valence-corrected chi connectivity index (χ4v) is 2.81. The molecule has 0 bridgehead atoms. The molecule has 0 aliphatic rings. The van der Waals surface area contributed by atoms with Gasteiger partial charge >= 0.3 is 5.97 Å². The summed E-state index contributed by atoms with van der Waals surface area (Å²) in [5.41, 5.74) is 1.41. The summed E-state index contributed by atoms with van der Waals surface area (Å²) < 4.78 is 0. The summed E-state index contributed by atoms with van der Waals surface area (Å²) in [4.78, 5) is 11.7. The van der Waals surface area contributed by atoms with Crippen LogP contribution in [0.1, 0.15) is 38.2 Å². The van der Waals surface area contributed by atoms with Crippen LogP contribution in [0.4, 0.5) is 0 Å². The number of aliphatic carboxylic acids is 1. The third-order valence-corrected chi connectivity index (χ3v) is 3.85. The molecule has 0 unspecified atom stereocenters. The summed E-state index contributed by atoms with van der Waals surface area (Å²) in [6.45, 7) is 2.17. The number of carboxylic acids is 1. The highest BCUT2D eigenvalue weighted by molar-refractivity contribution is 7.99. The zero-order valence-corrected chi connectivity index (χ0v) is 11.1. The number of rotatable bonds is 8. The van der Waals surface area contributed by atoms with Crippen molar-refractivity contribution in [2.45, 2.75) is 43.9 Å². The van der Waals surface area contributed by atoms with E-state index in [0.717, 1.165) is 31.4 Å². The monoisotopic (exact) mass is 252 g/mol. The van der Waals surface area contributed by atoms with Crippen molar-refractivity contribution in [2.24, 2.45) is 0 Å². The quantitative estimate of drug-likeness (QED) is 0.561. The maximum absolute atomic E-state index is 10.3. The molecular formula is C14H20O2S. The largest absolute Gasteiger partial charge is 0.481 e. The predicted octanol–water partition coefficient (Wildman–Crippen LogP) is 3.99. The summed E-state index contributed by atoms with van der Waals surface area (Å²) in [6, 6.07) is 8.50. The van der Waals surface area contributed by atoms with E-state index in [2.05, 4.69) is 31.2 Å². The van der Waals surface area contributed by atoms with E-state index in [-0.39, 0.29) is 0 Å². The third kappa shape index (κ3) is 5.78. The lowest BCUT2D eigenvalue weighted by molar-refractivity contribution is -0.137. The van der Waals surface area contributed by atoms with Crippen LogP contribution in [0.25, 0.3) is 0 Å². The Morgan fingerprint density at radius 3 is 2.71 bits per heavy atom. The van der Waals surface area contributed by atoms with Gasteiger partial charge < -0.3 is 5.11 Å². The highest BCUT2D eigenvalue weighted by Crippen LogP contribution is 2.24. The maximum atomic E-state index is 10.3. The van der Waals surface area contributed by atoms with Gasteiger partial charge in [-0.15, -0.1) is 11.8 Å². The normalized spacial score (nSPS) is 10.4. The van der Waals surface area contributed by atoms with Crippen LogP contribution in [-0.4, -0.2) is 16.8 Å². The predicted molar refractivity (Wildman–Crippen MR) is 72.6 cm³/mol. The molecular weight excluding hydrogens is 232 g/mol. The number of thioether (sulfide) groups is 1. The van der Waals surface area contributed by atoms with Crippen molar-refractivity contribution < 1.29 is 9.90 Å². The van der Waals surface area contributed by atoms with Gasteiger partial charge in [-0.25, -0.2) is 0 Å². The van der Waals surface area contributed by atoms with Crippen molar-refractivity contribution in [2.75, 3.05) is 5.75 Å². The van der Waals surface area contributed by atoms with Crippen LogP contribution in [0.2, 0.25) is 0 Å². The average molecular weight is 252 g/mol. The Morgan fingerprint density at radius 1 is 1.24 bits per heavy atom. The molecule has 0 atom stereocenters. The number of carboxylic acid groups (broad SMARTS) is 1. The molecule has 94 valence electrons. The molecule has 0 saturated carbocycles. The minimum atomic E-state index is -0.686. The van der Waals surface area contributed by atoms with Gasteiger partial charge in [0.15, 0.2) is 0 Å². The van der Waals surface area contributed by atoms with Crippen LogP contribution in [0.5, 0.6) is 0 Å². The van der Waals surface area contributed by atoms with Crippen molar-refractivity contribution in [3.8, 4) is 0 Å². The number of hydrogen-bond donors (Lipinski definition) is 1. The minimum Gasteiger partial charge on any atom is -0.481 e. The van der Waals surface area contributed by atoms with Gasteiger partial charge in [0.2, 0.25) is 0 Å². The number of aryl methyl sites for hydroxylation is 1. The van der Waals surface area contributed by atoms with Crippen LogP contribution < -0.4 is 0 Å². The lowest BCUT2D eigenvalue weighted by atomic mass is 10.2. The SMILES string of the molecule is CCc1ccccc1SCCCCCC(=O)O. The van der Waals surface area contributed by atoms with Crippen LogP contribution in [0, 0.1) is 0 Å². The van der Waals surface area contributed by atoms with E-state index in [1.807, 2.05) is 11.8 Å². The van der Waals surface area contributed by atoms with Gasteiger partial charge in [-0.2, -0.15) is 0 Å². The van der Waals surface area contributed by atoms with Crippen molar-refractivity contribution in [1.82, 2.24) is 0 Å². The van der Waals surface area contributed by atoms with Crippen molar-refractivity contribution in [1.29, 1.82) is 0 Å². The Hall–Kier alpha value is -0.960. The molecule has 2 nitrogen and oxygen atoms in total. The lowest BCUT2D eigenvalue weighted by Crippen LogP contribution is -1.94. The van der Waals surface area contributed by atoms with Crippen LogP contribution in [0.3, 0.4) is 0 Å². The van der Waals surface area contributed by atoms with Gasteiger partial charge in [0.05, 0.1) is 0 Å². The van der Waals surface area contributed by atoms with E-state index >= 15 is 0 Å². The van der Waals surface area contributed by atoms with Gasteiger partial charge in [-0.1, -0.05) is 31.5 Å². The van der Waals surface area contributed by atoms with E-state index < -0.39 is 5.97 Å². The summed E-state index contributed by atoms with van der Waals surface area (Å²) in [6.07, 6.45) is 4.27. The molecule has 0 aliphatic heterocycles. The molecule has 3 heteroatoms. The Labute approximate surface area is 107 Å². The van der Waals surface area contributed by atoms with Gasteiger partial charge in [0.25, 0.3) is 0 Å². The Morgan fingerprint density at radius 2 is 2.00 bits per heavy atom. The zero-order chi connectivity index (χ0) is 12.5. The molecule has 0 fully saturated rings. The molecule has 0 spiro atoms. The number of unbranched alkanes of at least 4 members (excludes halogenated alkanes) is 2. The fraction of sp³-hybridized carbons (Fsp3) is 0.500. The Balaban J connectivity index is 2.19. The first-order valence-corrected chi connectivity index (χ1v) is 7.15. The van der Waals surface area contributed by atoms with Gasteiger partial charge in [-0.3, -0.25) is 4.79 Å². The molecule has 1 aromatic carbocycles. The smallest absolute Gasteiger partial charge is 0.303 e. The summed E-state index contributed by atoms with van der Waals surface area (Å²) in [5.74, 6) is 0.394. The molecule has 0 aromatic heterocycles. The summed E-state index contributed by atoms with van der Waals surface area (Å²) in [5, 5.41) is 8.51. The molecule has 0 aliphatic carbocycles. The first-order valence-electron chi connectivity index (χ1n) is 6.16. The molecule has 1 rings (SSSR count). The standard InChI is InChI=1S/C14H20O2S/c1-2-12-8-5-6-9-13(12)17-11-7-3-4-10-14(15)16/h5-6,8-9H,2-4,7,10-11H2,1H3,(H,15,16). The molecule has 0 amide bonds. The van der Waals surface area contributed by atoms with E-state index in [4.69, 9.17) is 5.11 Å². The van der Waals surface area contributed by atoms with Crippen LogP contribution >= 0.6 is 11.8 Å². The van der Waals surface area contributed by atoms with Crippen LogP contribution in [0.15, 0.2) is 29.2 Å². The van der Waals surface area contributed by atoms with E-state index in [1.165, 1.54) is 10.5 Å². The van der Waals surface area contributed by atoms with Gasteiger partial charge in [-0.05, 0) is 36.6 Å². The minimum absolute atomic E-state index is 0.302. The van der Waals surface area contributed by atoms with E-state index in [1.54, 1.807) is 0 Å². The molecule has 17 heavy (non-hydrogen) atoms. The molecule has 0 saturated heterocycles. The highest BCUT2D eigenvalue weighted by Gasteiger charge is 2.00. The fourth-order valence-electron chi connectivity index (χ4n) is 1.67. The van der Waals surface area contributed by atoms with E-state index in [0.29, 0.717) is 6.42 Å². The highest BCUT2D eigenvalue weighted by atomic mass is 32.2. The van der Waals surface area contributed by atoms with E-state index in [9.17, 15) is 4.79 Å². The Bertz CT molecular complexity index is 350. The second-order valence-electron chi connectivity index (χ2n) is 4.01. The van der Waals surface area contributed by atoms with Crippen LogP contribution in [-0.2, 0) is 11.2 Å². The number of benzene rings is 1. The summed E-state index contributed by atoms with van der Waals surface area (Å²) >= 11 is 1.88. The average Bonchev–Trinajstić information content (AvgIpc) is 2.33.